The summed E-state index contributed by atoms with van der Waals surface area (Å²) in [5.41, 5.74) is 1.37. The van der Waals surface area contributed by atoms with E-state index in [9.17, 15) is 4.79 Å². The van der Waals surface area contributed by atoms with Gasteiger partial charge < -0.3 is 5.32 Å². The van der Waals surface area contributed by atoms with Crippen LogP contribution in [-0.4, -0.2) is 22.4 Å². The van der Waals surface area contributed by atoms with E-state index in [1.807, 2.05) is 6.92 Å². The van der Waals surface area contributed by atoms with Gasteiger partial charge in [-0.3, -0.25) is 10.1 Å². The molecule has 0 fully saturated rings. The lowest BCUT2D eigenvalue weighted by Crippen LogP contribution is -2.13. The van der Waals surface area contributed by atoms with Gasteiger partial charge in [-0.05, 0) is 41.4 Å². The normalized spacial score (nSPS) is 10.3. The molecule has 2 rings (SSSR count). The molecule has 2 heterocycles. The minimum Gasteiger partial charge on any atom is -0.370 e. The zero-order valence-electron chi connectivity index (χ0n) is 11.2. The highest BCUT2D eigenvalue weighted by Crippen LogP contribution is 2.23. The molecular formula is C13H15BrN4OS. The van der Waals surface area contributed by atoms with Crippen molar-refractivity contribution in [2.75, 3.05) is 17.2 Å². The topological polar surface area (TPSA) is 66.9 Å². The van der Waals surface area contributed by atoms with Crippen molar-refractivity contribution >= 4 is 44.1 Å². The molecule has 2 N–H and O–H groups in total. The molecule has 2 aromatic rings. The molecule has 0 bridgehead atoms. The zero-order valence-corrected chi connectivity index (χ0v) is 13.6. The molecule has 0 atom stereocenters. The van der Waals surface area contributed by atoms with E-state index >= 15 is 0 Å². The minimum atomic E-state index is -0.183. The Hall–Kier alpha value is -1.47. The van der Waals surface area contributed by atoms with Gasteiger partial charge in [0.25, 0.3) is 5.91 Å². The van der Waals surface area contributed by atoms with Gasteiger partial charge in [-0.25, -0.2) is 9.97 Å². The van der Waals surface area contributed by atoms with Crippen LogP contribution in [0.4, 0.5) is 10.9 Å². The quantitative estimate of drug-likeness (QED) is 0.859. The molecule has 5 nitrogen and oxygen atoms in total. The Labute approximate surface area is 130 Å². The largest absolute Gasteiger partial charge is 0.370 e. The maximum absolute atomic E-state index is 12.2. The van der Waals surface area contributed by atoms with Gasteiger partial charge in [0.1, 0.15) is 5.82 Å². The van der Waals surface area contributed by atoms with Crippen LogP contribution >= 0.6 is 27.3 Å². The third-order valence-electron chi connectivity index (χ3n) is 2.47. The summed E-state index contributed by atoms with van der Waals surface area (Å²) in [5.74, 6) is 0.536. The number of nitrogens with one attached hydrogen (secondary N) is 2. The lowest BCUT2D eigenvalue weighted by Gasteiger charge is -2.08. The predicted octanol–water partition coefficient (Wildman–Crippen LogP) is 3.68. The van der Waals surface area contributed by atoms with Gasteiger partial charge in [0.15, 0.2) is 5.13 Å². The van der Waals surface area contributed by atoms with E-state index in [0.717, 1.165) is 28.3 Å². The minimum absolute atomic E-state index is 0.183. The van der Waals surface area contributed by atoms with Gasteiger partial charge in [0, 0.05) is 17.8 Å². The summed E-state index contributed by atoms with van der Waals surface area (Å²) in [6.07, 6.45) is 2.66. The molecular weight excluding hydrogens is 340 g/mol. The molecule has 0 radical (unpaired) electrons. The van der Waals surface area contributed by atoms with E-state index < -0.39 is 0 Å². The Balaban J connectivity index is 2.14. The van der Waals surface area contributed by atoms with Crippen LogP contribution in [0.2, 0.25) is 0 Å². The first-order valence-electron chi connectivity index (χ1n) is 6.23. The first-order valence-corrected chi connectivity index (χ1v) is 7.84. The number of rotatable bonds is 5. The molecule has 0 aliphatic heterocycles. The van der Waals surface area contributed by atoms with Gasteiger partial charge in [0.05, 0.1) is 9.98 Å². The number of pyridine rings is 1. The Morgan fingerprint density at radius 3 is 2.90 bits per heavy atom. The molecule has 0 aromatic carbocycles. The van der Waals surface area contributed by atoms with Crippen molar-refractivity contribution in [2.24, 2.45) is 0 Å². The number of thiazole rings is 1. The fraction of sp³-hybridized carbons (Fsp3) is 0.308. The maximum atomic E-state index is 12.2. The van der Waals surface area contributed by atoms with Crippen LogP contribution in [0.5, 0.6) is 0 Å². The number of carbonyl (C=O) groups is 1. The number of hydrogen-bond donors (Lipinski definition) is 2. The molecule has 0 saturated heterocycles. The van der Waals surface area contributed by atoms with Crippen molar-refractivity contribution in [3.8, 4) is 0 Å². The molecule has 2 aromatic heterocycles. The lowest BCUT2D eigenvalue weighted by atomic mass is 10.2. The number of carbonyl (C=O) groups excluding carboxylic acids is 1. The second-order valence-electron chi connectivity index (χ2n) is 4.23. The summed E-state index contributed by atoms with van der Waals surface area (Å²) in [5, 5.41) is 6.53. The number of hydrogen-bond acceptors (Lipinski definition) is 5. The fourth-order valence-corrected chi connectivity index (χ4v) is 2.73. The first kappa shape index (κ1) is 14.9. The predicted molar refractivity (Wildman–Crippen MR) is 85.5 cm³/mol. The summed E-state index contributed by atoms with van der Waals surface area (Å²) < 4.78 is 0.879. The number of nitrogens with zero attached hydrogens (tertiary/aromatic N) is 2. The van der Waals surface area contributed by atoms with Crippen molar-refractivity contribution in [3.05, 3.63) is 33.4 Å². The number of aromatic nitrogens is 2. The second kappa shape index (κ2) is 6.81. The summed E-state index contributed by atoms with van der Waals surface area (Å²) in [4.78, 5) is 20.6. The van der Waals surface area contributed by atoms with E-state index in [-0.39, 0.29) is 5.91 Å². The van der Waals surface area contributed by atoms with Gasteiger partial charge in [-0.1, -0.05) is 18.3 Å². The molecule has 1 amide bonds. The molecule has 0 aliphatic carbocycles. The van der Waals surface area contributed by atoms with Crippen molar-refractivity contribution < 1.29 is 4.79 Å². The van der Waals surface area contributed by atoms with Crippen LogP contribution in [0.3, 0.4) is 0 Å². The van der Waals surface area contributed by atoms with Gasteiger partial charge in [-0.2, -0.15) is 0 Å². The molecule has 0 unspecified atom stereocenters. The van der Waals surface area contributed by atoms with Crippen LogP contribution in [-0.2, 0) is 0 Å². The van der Waals surface area contributed by atoms with E-state index in [2.05, 4.69) is 43.5 Å². The lowest BCUT2D eigenvalue weighted by molar-refractivity contribution is 0.102. The Morgan fingerprint density at radius 2 is 2.25 bits per heavy atom. The molecule has 7 heteroatoms. The average molecular weight is 355 g/mol. The second-order valence-corrected chi connectivity index (χ2v) is 6.64. The van der Waals surface area contributed by atoms with Crippen molar-refractivity contribution in [1.82, 2.24) is 9.97 Å². The molecule has 20 heavy (non-hydrogen) atoms. The highest BCUT2D eigenvalue weighted by molar-refractivity contribution is 9.11. The van der Waals surface area contributed by atoms with E-state index in [4.69, 9.17) is 0 Å². The van der Waals surface area contributed by atoms with Gasteiger partial charge in [0.2, 0.25) is 0 Å². The van der Waals surface area contributed by atoms with Crippen LogP contribution in [0, 0.1) is 6.92 Å². The highest BCUT2D eigenvalue weighted by atomic mass is 79.9. The van der Waals surface area contributed by atoms with Crippen molar-refractivity contribution in [3.63, 3.8) is 0 Å². The molecule has 106 valence electrons. The number of halogens is 1. The average Bonchev–Trinajstić information content (AvgIpc) is 2.81. The van der Waals surface area contributed by atoms with Crippen molar-refractivity contribution in [2.45, 2.75) is 20.3 Å². The van der Waals surface area contributed by atoms with E-state index in [0.29, 0.717) is 10.7 Å². The Morgan fingerprint density at radius 1 is 1.45 bits per heavy atom. The SMILES string of the molecule is CCCNc1cc(C(=O)Nc2ncc(Br)s2)cc(C)n1. The summed E-state index contributed by atoms with van der Waals surface area (Å²) in [6.45, 7) is 4.78. The first-order chi connectivity index (χ1) is 9.58. The van der Waals surface area contributed by atoms with Gasteiger partial charge in [-0.15, -0.1) is 0 Å². The zero-order chi connectivity index (χ0) is 14.5. The van der Waals surface area contributed by atoms with Crippen molar-refractivity contribution in [1.29, 1.82) is 0 Å². The Bertz CT molecular complexity index is 614. The molecule has 0 aliphatic rings. The third kappa shape index (κ3) is 4.01. The summed E-state index contributed by atoms with van der Waals surface area (Å²) >= 11 is 4.69. The Kier molecular flexibility index (Phi) is 5.08. The number of anilines is 2. The van der Waals surface area contributed by atoms with E-state index in [1.165, 1.54) is 11.3 Å². The van der Waals surface area contributed by atoms with Crippen LogP contribution in [0.1, 0.15) is 29.4 Å². The molecule has 0 spiro atoms. The number of amides is 1. The fourth-order valence-electron chi connectivity index (χ4n) is 1.62. The number of aryl methyl sites for hydroxylation is 1. The van der Waals surface area contributed by atoms with Crippen LogP contribution in [0.25, 0.3) is 0 Å². The monoisotopic (exact) mass is 354 g/mol. The molecule has 0 saturated carbocycles. The highest BCUT2D eigenvalue weighted by Gasteiger charge is 2.11. The maximum Gasteiger partial charge on any atom is 0.257 e. The summed E-state index contributed by atoms with van der Waals surface area (Å²) in [7, 11) is 0. The smallest absolute Gasteiger partial charge is 0.257 e. The van der Waals surface area contributed by atoms with E-state index in [1.54, 1.807) is 18.3 Å². The van der Waals surface area contributed by atoms with Gasteiger partial charge >= 0.3 is 0 Å². The van der Waals surface area contributed by atoms with Crippen LogP contribution in [0.15, 0.2) is 22.1 Å². The third-order valence-corrected chi connectivity index (χ3v) is 3.86. The standard InChI is InChI=1S/C13H15BrN4OS/c1-3-4-15-11-6-9(5-8(2)17-11)12(19)18-13-16-7-10(14)20-13/h5-7H,3-4H2,1-2H3,(H,15,17)(H,16,18,19). The van der Waals surface area contributed by atoms with Crippen LogP contribution < -0.4 is 10.6 Å². The summed E-state index contributed by atoms with van der Waals surface area (Å²) in [6, 6.07) is 3.51.